The Morgan fingerprint density at radius 1 is 0.870 bits per heavy atom. The molecule has 2 aliphatic rings. The van der Waals surface area contributed by atoms with Crippen LogP contribution in [0.15, 0.2) is 66.7 Å². The van der Waals surface area contributed by atoms with Crippen LogP contribution in [0.25, 0.3) is 20.5 Å². The first-order valence-corrected chi connectivity index (χ1v) is 16.0. The molecule has 0 radical (unpaired) electrons. The fourth-order valence-corrected chi connectivity index (χ4v) is 7.04. The van der Waals surface area contributed by atoms with Gasteiger partial charge in [0.15, 0.2) is 11.9 Å². The van der Waals surface area contributed by atoms with E-state index in [1.54, 1.807) is 60.7 Å². The number of aliphatic carboxylic acids is 1. The van der Waals surface area contributed by atoms with Crippen LogP contribution in [0.3, 0.4) is 0 Å². The highest BCUT2D eigenvalue weighted by Gasteiger charge is 2.48. The van der Waals surface area contributed by atoms with Gasteiger partial charge in [-0.05, 0) is 98.2 Å². The van der Waals surface area contributed by atoms with E-state index in [1.807, 2.05) is 0 Å². The minimum atomic E-state index is -1.83. The van der Waals surface area contributed by atoms with Gasteiger partial charge < -0.3 is 39.7 Å². The zero-order valence-electron chi connectivity index (χ0n) is 24.8. The number of hydrogen-bond donors (Lipinski definition) is 5. The number of aromatic hydroxyl groups is 1. The monoisotopic (exact) mass is 649 g/mol. The van der Waals surface area contributed by atoms with E-state index in [9.17, 15) is 35.1 Å². The molecule has 6 rings (SSSR count). The van der Waals surface area contributed by atoms with Gasteiger partial charge in [0.05, 0.1) is 0 Å². The summed E-state index contributed by atoms with van der Waals surface area (Å²) < 4.78 is 17.5. The van der Waals surface area contributed by atoms with Crippen molar-refractivity contribution in [1.82, 2.24) is 4.90 Å². The molecule has 1 aromatic heterocycles. The third-order valence-corrected chi connectivity index (χ3v) is 9.53. The van der Waals surface area contributed by atoms with E-state index in [2.05, 4.69) is 4.90 Å². The second-order valence-electron chi connectivity index (χ2n) is 11.5. The Bertz CT molecular complexity index is 1680. The summed E-state index contributed by atoms with van der Waals surface area (Å²) in [6, 6.07) is 18.5. The summed E-state index contributed by atoms with van der Waals surface area (Å²) in [6.45, 7) is 3.64. The number of carbonyl (C=O) groups is 2. The van der Waals surface area contributed by atoms with Gasteiger partial charge in [-0.3, -0.25) is 9.69 Å². The van der Waals surface area contributed by atoms with E-state index in [0.29, 0.717) is 39.3 Å². The van der Waals surface area contributed by atoms with E-state index in [4.69, 9.17) is 14.2 Å². The molecule has 5 N–H and O–H groups in total. The van der Waals surface area contributed by atoms with Crippen molar-refractivity contribution in [1.29, 1.82) is 0 Å². The second-order valence-corrected chi connectivity index (χ2v) is 12.5. The normalized spacial score (nSPS) is 23.7. The van der Waals surface area contributed by atoms with Crippen molar-refractivity contribution in [2.45, 2.75) is 50.0 Å². The fourth-order valence-electron chi connectivity index (χ4n) is 5.80. The first-order valence-electron chi connectivity index (χ1n) is 15.1. The number of thiophene rings is 1. The largest absolute Gasteiger partial charge is 0.508 e. The molecule has 0 saturated carbocycles. The second kappa shape index (κ2) is 13.8. The summed E-state index contributed by atoms with van der Waals surface area (Å²) in [5.74, 6) is -0.744. The van der Waals surface area contributed by atoms with Crippen molar-refractivity contribution < 1.29 is 49.3 Å². The predicted molar refractivity (Wildman–Crippen MR) is 170 cm³/mol. The van der Waals surface area contributed by atoms with Crippen LogP contribution in [0.5, 0.6) is 17.2 Å². The van der Waals surface area contributed by atoms with Crippen LogP contribution in [0.2, 0.25) is 0 Å². The van der Waals surface area contributed by atoms with Crippen molar-refractivity contribution in [3.8, 4) is 27.7 Å². The van der Waals surface area contributed by atoms with Crippen molar-refractivity contribution in [3.05, 3.63) is 77.9 Å². The summed E-state index contributed by atoms with van der Waals surface area (Å²) in [7, 11) is 0. The van der Waals surface area contributed by atoms with Crippen LogP contribution in [0.1, 0.15) is 35.2 Å². The third kappa shape index (κ3) is 6.73. The lowest BCUT2D eigenvalue weighted by Crippen LogP contribution is -2.61. The fraction of sp³-hybridized carbons (Fsp3) is 0.353. The highest BCUT2D eigenvalue weighted by Crippen LogP contribution is 2.42. The van der Waals surface area contributed by atoms with E-state index in [1.165, 1.54) is 36.7 Å². The Kier molecular flexibility index (Phi) is 9.54. The molecule has 11 nitrogen and oxygen atoms in total. The Morgan fingerprint density at radius 3 is 2.26 bits per heavy atom. The zero-order valence-corrected chi connectivity index (χ0v) is 25.6. The minimum absolute atomic E-state index is 0.0760. The van der Waals surface area contributed by atoms with Crippen molar-refractivity contribution in [2.24, 2.45) is 0 Å². The Balaban J connectivity index is 1.21. The lowest BCUT2D eigenvalue weighted by Gasteiger charge is -2.38. The van der Waals surface area contributed by atoms with Gasteiger partial charge in [-0.2, -0.15) is 0 Å². The number of fused-ring (bicyclic) bond motifs is 1. The number of hydrogen-bond acceptors (Lipinski definition) is 11. The molecule has 242 valence electrons. The molecule has 3 heterocycles. The van der Waals surface area contributed by atoms with Crippen LogP contribution in [-0.4, -0.2) is 99.1 Å². The average Bonchev–Trinajstić information content (AvgIpc) is 3.44. The molecule has 4 aromatic rings. The number of aliphatic hydroxyl groups is 3. The number of carboxylic acid groups (broad SMARTS) is 1. The zero-order chi connectivity index (χ0) is 32.4. The maximum absolute atomic E-state index is 14.0. The van der Waals surface area contributed by atoms with Gasteiger partial charge >= 0.3 is 5.97 Å². The number of carbonyl (C=O) groups excluding carboxylic acids is 1. The quantitative estimate of drug-likeness (QED) is 0.159. The van der Waals surface area contributed by atoms with Crippen LogP contribution >= 0.6 is 11.3 Å². The number of phenols is 1. The average molecular weight is 650 g/mol. The number of nitrogens with zero attached hydrogens (tertiary/aromatic N) is 1. The number of phenolic OH excluding ortho intramolecular Hbond substituents is 1. The van der Waals surface area contributed by atoms with Crippen molar-refractivity contribution >= 4 is 33.2 Å². The number of carboxylic acids is 1. The van der Waals surface area contributed by atoms with Gasteiger partial charge in [-0.25, -0.2) is 4.79 Å². The summed E-state index contributed by atoms with van der Waals surface area (Å²) in [4.78, 5) is 28.5. The topological polar surface area (TPSA) is 166 Å². The number of ether oxygens (including phenoxy) is 3. The molecular formula is C34H35NO10S. The molecule has 2 fully saturated rings. The van der Waals surface area contributed by atoms with E-state index < -0.39 is 36.7 Å². The molecule has 1 unspecified atom stereocenters. The van der Waals surface area contributed by atoms with Gasteiger partial charge in [-0.15, -0.1) is 11.3 Å². The first-order chi connectivity index (χ1) is 22.2. The van der Waals surface area contributed by atoms with Gasteiger partial charge in [0, 0.05) is 32.6 Å². The molecule has 2 aliphatic heterocycles. The molecular weight excluding hydrogens is 614 g/mol. The van der Waals surface area contributed by atoms with Crippen LogP contribution in [0.4, 0.5) is 0 Å². The van der Waals surface area contributed by atoms with E-state index in [0.717, 1.165) is 24.3 Å². The van der Waals surface area contributed by atoms with E-state index >= 15 is 0 Å². The number of piperidine rings is 1. The number of benzene rings is 3. The van der Waals surface area contributed by atoms with E-state index in [-0.39, 0.29) is 17.3 Å². The lowest BCUT2D eigenvalue weighted by atomic mass is 9.97. The number of aliphatic hydroxyl groups excluding tert-OH is 3. The summed E-state index contributed by atoms with van der Waals surface area (Å²) in [6.07, 6.45) is -4.93. The molecule has 0 aliphatic carbocycles. The summed E-state index contributed by atoms with van der Waals surface area (Å²) >= 11 is 1.35. The van der Waals surface area contributed by atoms with Gasteiger partial charge in [0.25, 0.3) is 0 Å². The Hall–Kier alpha value is -4.04. The molecule has 12 heteroatoms. The van der Waals surface area contributed by atoms with Crippen LogP contribution < -0.4 is 9.47 Å². The van der Waals surface area contributed by atoms with Gasteiger partial charge in [0.1, 0.15) is 42.2 Å². The van der Waals surface area contributed by atoms with Crippen molar-refractivity contribution in [2.75, 3.05) is 26.2 Å². The lowest BCUT2D eigenvalue weighted by molar-refractivity contribution is -0.271. The molecule has 46 heavy (non-hydrogen) atoms. The van der Waals surface area contributed by atoms with Gasteiger partial charge in [-0.1, -0.05) is 6.42 Å². The minimum Gasteiger partial charge on any atom is -0.508 e. The maximum Gasteiger partial charge on any atom is 0.335 e. The predicted octanol–water partition coefficient (Wildman–Crippen LogP) is 3.64. The van der Waals surface area contributed by atoms with Crippen molar-refractivity contribution in [3.63, 3.8) is 0 Å². The molecule has 0 amide bonds. The van der Waals surface area contributed by atoms with Crippen LogP contribution in [-0.2, 0) is 9.53 Å². The van der Waals surface area contributed by atoms with Gasteiger partial charge in [0.2, 0.25) is 6.29 Å². The number of likely N-dealkylation sites (tertiary alicyclic amines) is 1. The highest BCUT2D eigenvalue weighted by molar-refractivity contribution is 7.22. The first kappa shape index (κ1) is 31.9. The Labute approximate surface area is 268 Å². The molecule has 0 spiro atoms. The Morgan fingerprint density at radius 2 is 1.57 bits per heavy atom. The standard InChI is InChI=1S/C34H35NO10S/c36-21-8-13-24-25(18-21)46-32(20-6-11-23(12-7-20)44-34-30(40)28(38)29(39)31(45-34)33(41)42)26(24)27(37)19-4-9-22(10-5-19)43-17-16-35-14-2-1-3-15-35/h4-13,18,28-31,34,36,38-40H,1-3,14-17H2,(H,41,42)/t28-,29-,30+,31?,34+/m1/s1. The summed E-state index contributed by atoms with van der Waals surface area (Å²) in [5.41, 5.74) is 1.63. The smallest absolute Gasteiger partial charge is 0.335 e. The molecule has 0 bridgehead atoms. The van der Waals surface area contributed by atoms with Crippen LogP contribution in [0, 0.1) is 0 Å². The SMILES string of the molecule is O=C(c1ccc(OCCN2CCCCC2)cc1)c1c(-c2ccc(O[C@H]3OC(C(=O)O)[C@H](O)[C@@H](O)[C@@H]3O)cc2)sc2cc(O)ccc12. The third-order valence-electron chi connectivity index (χ3n) is 8.32. The maximum atomic E-state index is 14.0. The highest BCUT2D eigenvalue weighted by atomic mass is 32.1. The molecule has 2 saturated heterocycles. The summed E-state index contributed by atoms with van der Waals surface area (Å²) in [5, 5.41) is 50.4. The number of rotatable bonds is 10. The molecule has 3 aromatic carbocycles. The number of ketones is 1. The molecule has 5 atom stereocenters.